The third-order valence-electron chi connectivity index (χ3n) is 3.98. The van der Waals surface area contributed by atoms with Gasteiger partial charge in [0.05, 0.1) is 5.69 Å². The van der Waals surface area contributed by atoms with Crippen molar-refractivity contribution >= 4 is 26.5 Å². The summed E-state index contributed by atoms with van der Waals surface area (Å²) in [5, 5.41) is 6.06. The molecule has 0 saturated heterocycles. The maximum Gasteiger partial charge on any atom is 0.243 e. The van der Waals surface area contributed by atoms with E-state index in [0.717, 1.165) is 42.0 Å². The number of sulfonamides is 1. The molecule has 6 nitrogen and oxygen atoms in total. The molecule has 0 radical (unpaired) electrons. The van der Waals surface area contributed by atoms with E-state index in [1.807, 2.05) is 23.6 Å². The number of aromatic nitrogens is 2. The van der Waals surface area contributed by atoms with Crippen LogP contribution in [0.5, 0.6) is 0 Å². The van der Waals surface area contributed by atoms with Gasteiger partial charge in [-0.1, -0.05) is 24.6 Å². The molecule has 2 N–H and O–H groups in total. The minimum absolute atomic E-state index is 0.276. The van der Waals surface area contributed by atoms with Crippen molar-refractivity contribution in [3.8, 4) is 11.4 Å². The molecule has 3 rings (SSSR count). The molecule has 3 aromatic rings. The minimum Gasteiger partial charge on any atom is -0.362 e. The fourth-order valence-electron chi connectivity index (χ4n) is 2.56. The summed E-state index contributed by atoms with van der Waals surface area (Å²) < 4.78 is 40.2. The zero-order valence-electron chi connectivity index (χ0n) is 15.1. The van der Waals surface area contributed by atoms with E-state index in [9.17, 15) is 12.8 Å². The Morgan fingerprint density at radius 1 is 0.964 bits per heavy atom. The molecule has 0 spiro atoms. The molecule has 0 saturated carbocycles. The molecule has 0 unspecified atom stereocenters. The van der Waals surface area contributed by atoms with Gasteiger partial charge in [-0.3, -0.25) is 4.98 Å². The number of halogens is 1. The van der Waals surface area contributed by atoms with Crippen LogP contribution in [0.3, 0.4) is 0 Å². The second kappa shape index (κ2) is 9.72. The first-order chi connectivity index (χ1) is 13.6. The van der Waals surface area contributed by atoms with Crippen molar-refractivity contribution in [3.05, 3.63) is 59.9 Å². The van der Waals surface area contributed by atoms with Gasteiger partial charge in [-0.25, -0.2) is 22.5 Å². The van der Waals surface area contributed by atoms with Gasteiger partial charge in [-0.05, 0) is 37.1 Å². The second-order valence-electron chi connectivity index (χ2n) is 6.07. The monoisotopic (exact) mass is 420 g/mol. The highest BCUT2D eigenvalue weighted by Crippen LogP contribution is 2.23. The maximum atomic E-state index is 13.6. The number of nitrogens with one attached hydrogen (secondary N) is 2. The third-order valence-corrected chi connectivity index (χ3v) is 6.27. The molecule has 0 aliphatic heterocycles. The van der Waals surface area contributed by atoms with Gasteiger partial charge in [0.25, 0.3) is 0 Å². The molecule has 0 amide bonds. The Morgan fingerprint density at radius 3 is 2.54 bits per heavy atom. The smallest absolute Gasteiger partial charge is 0.243 e. The molecular formula is C19H21FN4O2S2. The molecule has 2 heterocycles. The number of anilines is 1. The number of hydrogen-bond donors (Lipinski definition) is 2. The SMILES string of the molecule is O=S(=O)(NCCCCCNc1nc(-c2ccccn2)cs1)c1ccccc1F. The van der Waals surface area contributed by atoms with Crippen LogP contribution in [-0.4, -0.2) is 31.5 Å². The van der Waals surface area contributed by atoms with E-state index in [1.54, 1.807) is 6.20 Å². The van der Waals surface area contributed by atoms with E-state index in [-0.39, 0.29) is 11.4 Å². The predicted octanol–water partition coefficient (Wildman–Crippen LogP) is 3.90. The molecule has 0 bridgehead atoms. The zero-order chi connectivity index (χ0) is 19.8. The molecular weight excluding hydrogens is 399 g/mol. The predicted molar refractivity (Wildman–Crippen MR) is 109 cm³/mol. The number of benzene rings is 1. The Hall–Kier alpha value is -2.36. The average molecular weight is 421 g/mol. The first-order valence-corrected chi connectivity index (χ1v) is 11.3. The summed E-state index contributed by atoms with van der Waals surface area (Å²) in [5.74, 6) is -0.743. The summed E-state index contributed by atoms with van der Waals surface area (Å²) >= 11 is 1.53. The molecule has 148 valence electrons. The number of unbranched alkanes of at least 4 members (excludes halogenated alkanes) is 2. The summed E-state index contributed by atoms with van der Waals surface area (Å²) in [7, 11) is -3.81. The number of pyridine rings is 1. The van der Waals surface area contributed by atoms with Crippen LogP contribution in [-0.2, 0) is 10.0 Å². The lowest BCUT2D eigenvalue weighted by Gasteiger charge is -2.07. The maximum absolute atomic E-state index is 13.6. The van der Waals surface area contributed by atoms with Gasteiger partial charge < -0.3 is 5.32 Å². The van der Waals surface area contributed by atoms with Crippen LogP contribution in [0.25, 0.3) is 11.4 Å². The average Bonchev–Trinajstić information content (AvgIpc) is 3.17. The van der Waals surface area contributed by atoms with Crippen LogP contribution in [0.1, 0.15) is 19.3 Å². The lowest BCUT2D eigenvalue weighted by molar-refractivity contribution is 0.553. The first-order valence-electron chi connectivity index (χ1n) is 8.91. The van der Waals surface area contributed by atoms with Crippen LogP contribution < -0.4 is 10.0 Å². The fraction of sp³-hybridized carbons (Fsp3) is 0.263. The second-order valence-corrected chi connectivity index (χ2v) is 8.66. The van der Waals surface area contributed by atoms with Crippen molar-refractivity contribution in [1.82, 2.24) is 14.7 Å². The molecule has 28 heavy (non-hydrogen) atoms. The van der Waals surface area contributed by atoms with Crippen molar-refractivity contribution in [3.63, 3.8) is 0 Å². The van der Waals surface area contributed by atoms with Crippen LogP contribution >= 0.6 is 11.3 Å². The van der Waals surface area contributed by atoms with Crippen molar-refractivity contribution in [2.45, 2.75) is 24.2 Å². The van der Waals surface area contributed by atoms with Crippen LogP contribution in [0.4, 0.5) is 9.52 Å². The number of rotatable bonds is 10. The summed E-state index contributed by atoms with van der Waals surface area (Å²) in [6.07, 6.45) is 4.12. The number of thiazole rings is 1. The van der Waals surface area contributed by atoms with E-state index in [1.165, 1.54) is 29.5 Å². The van der Waals surface area contributed by atoms with E-state index in [2.05, 4.69) is 20.0 Å². The molecule has 0 fully saturated rings. The van der Waals surface area contributed by atoms with Crippen LogP contribution in [0, 0.1) is 5.82 Å². The highest BCUT2D eigenvalue weighted by atomic mass is 32.2. The zero-order valence-corrected chi connectivity index (χ0v) is 16.8. The van der Waals surface area contributed by atoms with Gasteiger partial charge in [0, 0.05) is 24.7 Å². The molecule has 2 aromatic heterocycles. The highest BCUT2D eigenvalue weighted by Gasteiger charge is 2.17. The quantitative estimate of drug-likeness (QED) is 0.486. The summed E-state index contributed by atoms with van der Waals surface area (Å²) in [6.45, 7) is 1.02. The van der Waals surface area contributed by atoms with Gasteiger partial charge in [-0.15, -0.1) is 11.3 Å². The van der Waals surface area contributed by atoms with Crippen molar-refractivity contribution in [1.29, 1.82) is 0 Å². The highest BCUT2D eigenvalue weighted by molar-refractivity contribution is 7.89. The molecule has 1 aromatic carbocycles. The van der Waals surface area contributed by atoms with Crippen LogP contribution in [0.2, 0.25) is 0 Å². The van der Waals surface area contributed by atoms with Gasteiger partial charge in [0.15, 0.2) is 5.13 Å². The lowest BCUT2D eigenvalue weighted by Crippen LogP contribution is -2.25. The Kier molecular flexibility index (Phi) is 7.07. The van der Waals surface area contributed by atoms with Gasteiger partial charge in [-0.2, -0.15) is 0 Å². The van der Waals surface area contributed by atoms with E-state index in [4.69, 9.17) is 0 Å². The van der Waals surface area contributed by atoms with Crippen molar-refractivity contribution < 1.29 is 12.8 Å². The number of hydrogen-bond acceptors (Lipinski definition) is 6. The third kappa shape index (κ3) is 5.57. The normalized spacial score (nSPS) is 11.5. The summed E-state index contributed by atoms with van der Waals surface area (Å²) in [5.41, 5.74) is 1.68. The Morgan fingerprint density at radius 2 is 1.75 bits per heavy atom. The fourth-order valence-corrected chi connectivity index (χ4v) is 4.44. The molecule has 0 aliphatic carbocycles. The first kappa shape index (κ1) is 20.4. The van der Waals surface area contributed by atoms with Crippen molar-refractivity contribution in [2.75, 3.05) is 18.4 Å². The topological polar surface area (TPSA) is 84.0 Å². The lowest BCUT2D eigenvalue weighted by atomic mass is 10.2. The summed E-state index contributed by atoms with van der Waals surface area (Å²) in [4.78, 5) is 8.47. The van der Waals surface area contributed by atoms with E-state index >= 15 is 0 Å². The van der Waals surface area contributed by atoms with Crippen LogP contribution in [0.15, 0.2) is 58.9 Å². The van der Waals surface area contributed by atoms with Crippen molar-refractivity contribution in [2.24, 2.45) is 0 Å². The largest absolute Gasteiger partial charge is 0.362 e. The van der Waals surface area contributed by atoms with Gasteiger partial charge in [0.1, 0.15) is 16.4 Å². The van der Waals surface area contributed by atoms with Gasteiger partial charge >= 0.3 is 0 Å². The standard InChI is InChI=1S/C19H21FN4O2S2/c20-15-8-2-3-10-18(15)28(25,26)23-13-6-1-5-12-22-19-24-17(14-27-19)16-9-4-7-11-21-16/h2-4,7-11,14,23H,1,5-6,12-13H2,(H,22,24). The minimum atomic E-state index is -3.81. The van der Waals surface area contributed by atoms with E-state index < -0.39 is 15.8 Å². The summed E-state index contributed by atoms with van der Waals surface area (Å²) in [6, 6.07) is 11.1. The Labute approximate surface area is 167 Å². The Balaban J connectivity index is 1.35. The molecule has 0 atom stereocenters. The number of nitrogens with zero attached hydrogens (tertiary/aromatic N) is 2. The Bertz CT molecular complexity index is 994. The molecule has 9 heteroatoms. The van der Waals surface area contributed by atoms with E-state index in [0.29, 0.717) is 6.42 Å². The molecule has 0 aliphatic rings. The van der Waals surface area contributed by atoms with Gasteiger partial charge in [0.2, 0.25) is 10.0 Å².